The van der Waals surface area contributed by atoms with Crippen LogP contribution in [0.2, 0.25) is 0 Å². The van der Waals surface area contributed by atoms with Crippen molar-refractivity contribution in [2.45, 2.75) is 6.42 Å². The van der Waals surface area contributed by atoms with Gasteiger partial charge in [0.15, 0.2) is 0 Å². The maximum Gasteiger partial charge on any atom is 0.323 e. The third-order valence-corrected chi connectivity index (χ3v) is 4.08. The van der Waals surface area contributed by atoms with E-state index in [-0.39, 0.29) is 12.4 Å². The van der Waals surface area contributed by atoms with Crippen molar-refractivity contribution in [3.63, 3.8) is 0 Å². The van der Waals surface area contributed by atoms with Crippen LogP contribution in [0.3, 0.4) is 0 Å². The fourth-order valence-electron chi connectivity index (χ4n) is 2.80. The highest BCUT2D eigenvalue weighted by Gasteiger charge is 2.20. The molecule has 1 N–H and O–H groups in total. The van der Waals surface area contributed by atoms with E-state index in [0.717, 1.165) is 11.1 Å². The molecule has 2 aromatic rings. The lowest BCUT2D eigenvalue weighted by molar-refractivity contribution is -0.137. The van der Waals surface area contributed by atoms with Crippen LogP contribution in [0.15, 0.2) is 59.6 Å². The molecule has 0 aliphatic carbocycles. The van der Waals surface area contributed by atoms with Gasteiger partial charge in [-0.25, -0.2) is 9.38 Å². The van der Waals surface area contributed by atoms with E-state index in [0.29, 0.717) is 30.2 Å². The Morgan fingerprint density at radius 2 is 1.81 bits per heavy atom. The van der Waals surface area contributed by atoms with Crippen LogP contribution in [-0.4, -0.2) is 42.0 Å². The molecule has 1 heterocycles. The maximum atomic E-state index is 13.2. The largest absolute Gasteiger partial charge is 0.497 e. The minimum Gasteiger partial charge on any atom is -0.497 e. The summed E-state index contributed by atoms with van der Waals surface area (Å²) < 4.78 is 18.4. The molecule has 0 aromatic heterocycles. The van der Waals surface area contributed by atoms with Crippen molar-refractivity contribution in [3.8, 4) is 5.75 Å². The molecule has 0 radical (unpaired) electrons. The Morgan fingerprint density at radius 3 is 2.42 bits per heavy atom. The number of nitrogens with zero attached hydrogens (tertiary/aromatic N) is 2. The molecule has 134 valence electrons. The number of halogens is 1. The number of ether oxygens (including phenoxy) is 1. The van der Waals surface area contributed by atoms with Gasteiger partial charge in [-0.05, 0) is 55.0 Å². The number of hydrogen-bond donors (Lipinski definition) is 1. The van der Waals surface area contributed by atoms with E-state index in [1.807, 2.05) is 30.3 Å². The average Bonchev–Trinajstić information content (AvgIpc) is 2.85. The third-order valence-electron chi connectivity index (χ3n) is 4.08. The molecule has 0 bridgehead atoms. The van der Waals surface area contributed by atoms with Gasteiger partial charge in [-0.1, -0.05) is 6.08 Å². The number of carbonyl (C=O) groups is 1. The first kappa shape index (κ1) is 17.7. The smallest absolute Gasteiger partial charge is 0.323 e. The molecule has 1 aliphatic heterocycles. The first-order valence-electron chi connectivity index (χ1n) is 8.23. The lowest BCUT2D eigenvalue weighted by atomic mass is 10.1. The molecule has 6 heteroatoms. The molecule has 1 aliphatic rings. The molecule has 0 spiro atoms. The monoisotopic (exact) mass is 354 g/mol. The second-order valence-electron chi connectivity index (χ2n) is 5.86. The first-order valence-corrected chi connectivity index (χ1v) is 8.23. The SMILES string of the molecule is COc1ccc(C2=NC(c3ccc(F)cc3)=CCCN2CC(=O)O)cc1. The fourth-order valence-corrected chi connectivity index (χ4v) is 2.80. The van der Waals surface area contributed by atoms with E-state index in [4.69, 9.17) is 9.73 Å². The number of benzene rings is 2. The van der Waals surface area contributed by atoms with Crippen LogP contribution in [0.4, 0.5) is 4.39 Å². The summed E-state index contributed by atoms with van der Waals surface area (Å²) in [6.07, 6.45) is 2.59. The molecule has 0 saturated heterocycles. The van der Waals surface area contributed by atoms with Crippen LogP contribution >= 0.6 is 0 Å². The Morgan fingerprint density at radius 1 is 1.15 bits per heavy atom. The van der Waals surface area contributed by atoms with Gasteiger partial charge in [-0.15, -0.1) is 0 Å². The second kappa shape index (κ2) is 7.82. The van der Waals surface area contributed by atoms with Crippen molar-refractivity contribution < 1.29 is 19.0 Å². The minimum absolute atomic E-state index is 0.143. The van der Waals surface area contributed by atoms with Gasteiger partial charge >= 0.3 is 5.97 Å². The minimum atomic E-state index is -0.920. The Bertz CT molecular complexity index is 842. The summed E-state index contributed by atoms with van der Waals surface area (Å²) in [4.78, 5) is 17.7. The fraction of sp³-hybridized carbons (Fsp3) is 0.200. The molecule has 26 heavy (non-hydrogen) atoms. The summed E-state index contributed by atoms with van der Waals surface area (Å²) in [6, 6.07) is 13.4. The lowest BCUT2D eigenvalue weighted by Gasteiger charge is -2.23. The zero-order valence-corrected chi connectivity index (χ0v) is 14.4. The van der Waals surface area contributed by atoms with Gasteiger partial charge in [-0.3, -0.25) is 4.79 Å². The van der Waals surface area contributed by atoms with Crippen molar-refractivity contribution >= 4 is 17.5 Å². The van der Waals surface area contributed by atoms with Crippen molar-refractivity contribution in [2.75, 3.05) is 20.2 Å². The van der Waals surface area contributed by atoms with Gasteiger partial charge < -0.3 is 14.7 Å². The predicted octanol–water partition coefficient (Wildman–Crippen LogP) is 3.41. The highest BCUT2D eigenvalue weighted by molar-refractivity contribution is 6.03. The van der Waals surface area contributed by atoms with Gasteiger partial charge in [0, 0.05) is 17.7 Å². The van der Waals surface area contributed by atoms with Crippen LogP contribution in [0.1, 0.15) is 17.5 Å². The van der Waals surface area contributed by atoms with Crippen LogP contribution < -0.4 is 4.74 Å². The summed E-state index contributed by atoms with van der Waals surface area (Å²) in [6.45, 7) is 0.386. The Hall–Kier alpha value is -3.15. The number of amidine groups is 1. The Kier molecular flexibility index (Phi) is 5.31. The zero-order chi connectivity index (χ0) is 18.5. The molecule has 0 amide bonds. The number of hydrogen-bond acceptors (Lipinski definition) is 4. The number of methoxy groups -OCH3 is 1. The van der Waals surface area contributed by atoms with E-state index in [2.05, 4.69) is 0 Å². The molecule has 0 saturated carbocycles. The van der Waals surface area contributed by atoms with Crippen molar-refractivity contribution in [1.82, 2.24) is 4.90 Å². The number of aliphatic carboxylic acids is 1. The molecule has 0 atom stereocenters. The number of aliphatic imine (C=N–C) groups is 1. The van der Waals surface area contributed by atoms with Gasteiger partial charge in [0.05, 0.1) is 12.8 Å². The highest BCUT2D eigenvalue weighted by Crippen LogP contribution is 2.23. The summed E-state index contributed by atoms with van der Waals surface area (Å²) in [5.74, 6) is 0.0523. The van der Waals surface area contributed by atoms with E-state index in [1.165, 1.54) is 12.1 Å². The average molecular weight is 354 g/mol. The molecule has 5 nitrogen and oxygen atoms in total. The predicted molar refractivity (Wildman–Crippen MR) is 97.7 cm³/mol. The van der Waals surface area contributed by atoms with Crippen LogP contribution in [-0.2, 0) is 4.79 Å². The first-order chi connectivity index (χ1) is 12.6. The molecule has 0 unspecified atom stereocenters. The summed E-state index contributed by atoms with van der Waals surface area (Å²) in [7, 11) is 1.59. The quantitative estimate of drug-likeness (QED) is 0.894. The van der Waals surface area contributed by atoms with Crippen LogP contribution in [0.25, 0.3) is 5.70 Å². The Balaban J connectivity index is 2.02. The van der Waals surface area contributed by atoms with Gasteiger partial charge in [-0.2, -0.15) is 0 Å². The molecular formula is C20H19FN2O3. The van der Waals surface area contributed by atoms with Gasteiger partial charge in [0.1, 0.15) is 23.9 Å². The van der Waals surface area contributed by atoms with E-state index < -0.39 is 5.97 Å². The molecular weight excluding hydrogens is 335 g/mol. The van der Waals surface area contributed by atoms with E-state index in [1.54, 1.807) is 24.1 Å². The Labute approximate surface area is 151 Å². The second-order valence-corrected chi connectivity index (χ2v) is 5.86. The summed E-state index contributed by atoms with van der Waals surface area (Å²) in [5.41, 5.74) is 2.28. The lowest BCUT2D eigenvalue weighted by Crippen LogP contribution is -2.36. The number of carboxylic acid groups (broad SMARTS) is 1. The van der Waals surface area contributed by atoms with Crippen molar-refractivity contribution in [2.24, 2.45) is 4.99 Å². The van der Waals surface area contributed by atoms with Gasteiger partial charge in [0.25, 0.3) is 0 Å². The number of carboxylic acids is 1. The topological polar surface area (TPSA) is 62.1 Å². The summed E-state index contributed by atoms with van der Waals surface area (Å²) >= 11 is 0. The van der Waals surface area contributed by atoms with Crippen LogP contribution in [0, 0.1) is 5.82 Å². The highest BCUT2D eigenvalue weighted by atomic mass is 19.1. The standard InChI is InChI=1S/C20H19FN2O3/c1-26-17-10-6-15(7-11-17)20-22-18(14-4-8-16(21)9-5-14)3-2-12-23(20)13-19(24)25/h3-11H,2,12-13H2,1H3,(H,24,25). The zero-order valence-electron chi connectivity index (χ0n) is 14.4. The van der Waals surface area contributed by atoms with E-state index >= 15 is 0 Å². The normalized spacial score (nSPS) is 14.3. The van der Waals surface area contributed by atoms with Crippen molar-refractivity contribution in [3.05, 3.63) is 71.6 Å². The molecule has 0 fully saturated rings. The van der Waals surface area contributed by atoms with Crippen LogP contribution in [0.5, 0.6) is 5.75 Å². The van der Waals surface area contributed by atoms with Crippen molar-refractivity contribution in [1.29, 1.82) is 0 Å². The molecule has 2 aromatic carbocycles. The third kappa shape index (κ3) is 4.08. The number of rotatable bonds is 5. The van der Waals surface area contributed by atoms with E-state index in [9.17, 15) is 14.3 Å². The van der Waals surface area contributed by atoms with Gasteiger partial charge in [0.2, 0.25) is 0 Å². The molecule has 3 rings (SSSR count). The summed E-state index contributed by atoms with van der Waals surface area (Å²) in [5, 5.41) is 9.24. The maximum absolute atomic E-state index is 13.2.